The second-order valence-electron chi connectivity index (χ2n) is 5.12. The van der Waals surface area contributed by atoms with Crippen molar-refractivity contribution < 1.29 is 18.7 Å². The van der Waals surface area contributed by atoms with E-state index in [0.717, 1.165) is 12.1 Å². The predicted octanol–water partition coefficient (Wildman–Crippen LogP) is 3.25. The molecule has 106 valence electrons. The van der Waals surface area contributed by atoms with Gasteiger partial charge < -0.3 is 9.67 Å². The number of halogens is 2. The minimum atomic E-state index is -0.937. The molecule has 1 aromatic heterocycles. The summed E-state index contributed by atoms with van der Waals surface area (Å²) in [5.74, 6) is -2.06. The first-order valence-corrected chi connectivity index (χ1v) is 6.73. The van der Waals surface area contributed by atoms with Crippen LogP contribution in [0.2, 0.25) is 0 Å². The molecule has 0 fully saturated rings. The Balaban J connectivity index is 2.36. The highest BCUT2D eigenvalue weighted by Gasteiger charge is 2.32. The van der Waals surface area contributed by atoms with Gasteiger partial charge in [-0.05, 0) is 37.0 Å². The Morgan fingerprint density at radius 1 is 1.45 bits per heavy atom. The highest BCUT2D eigenvalue weighted by Crippen LogP contribution is 2.40. The van der Waals surface area contributed by atoms with E-state index in [4.69, 9.17) is 0 Å². The van der Waals surface area contributed by atoms with Gasteiger partial charge in [0.1, 0.15) is 12.5 Å². The van der Waals surface area contributed by atoms with E-state index < -0.39 is 24.4 Å². The topological polar surface area (TPSA) is 42.2 Å². The number of carboxylic acid groups (broad SMARTS) is 1. The molecule has 5 heteroatoms. The molecule has 0 bridgehead atoms. The average Bonchev–Trinajstić information content (AvgIpc) is 2.75. The summed E-state index contributed by atoms with van der Waals surface area (Å²) in [6.45, 7) is -0.411. The van der Waals surface area contributed by atoms with Gasteiger partial charge in [-0.2, -0.15) is 0 Å². The second-order valence-corrected chi connectivity index (χ2v) is 5.12. The molecule has 1 aliphatic carbocycles. The molecule has 0 spiro atoms. The number of aryl methyl sites for hydroxylation is 1. The standard InChI is InChI=1S/C15H15F2NO2/c16-7-8-18-11-5-1-3-9(15(19)20)13(11)14-10(17)4-2-6-12(14)18/h2,4,6,9H,1,3,5,7-8H2,(H,19,20). The highest BCUT2D eigenvalue weighted by atomic mass is 19.1. The Labute approximate surface area is 114 Å². The van der Waals surface area contributed by atoms with Gasteiger partial charge in [-0.15, -0.1) is 0 Å². The summed E-state index contributed by atoms with van der Waals surface area (Å²) >= 11 is 0. The first-order valence-electron chi connectivity index (χ1n) is 6.73. The van der Waals surface area contributed by atoms with Crippen LogP contribution in [-0.4, -0.2) is 22.3 Å². The molecule has 2 aromatic rings. The molecular formula is C15H15F2NO2. The van der Waals surface area contributed by atoms with Gasteiger partial charge in [0.2, 0.25) is 0 Å². The van der Waals surface area contributed by atoms with E-state index in [1.165, 1.54) is 6.07 Å². The molecule has 0 amide bonds. The number of hydrogen-bond acceptors (Lipinski definition) is 1. The molecule has 1 N–H and O–H groups in total. The van der Waals surface area contributed by atoms with Gasteiger partial charge in [-0.25, -0.2) is 8.78 Å². The van der Waals surface area contributed by atoms with Crippen LogP contribution < -0.4 is 0 Å². The lowest BCUT2D eigenvalue weighted by molar-refractivity contribution is -0.139. The molecule has 0 aliphatic heterocycles. The first-order chi connectivity index (χ1) is 9.65. The Morgan fingerprint density at radius 2 is 2.25 bits per heavy atom. The molecule has 3 nitrogen and oxygen atoms in total. The van der Waals surface area contributed by atoms with Crippen molar-refractivity contribution in [1.29, 1.82) is 0 Å². The molecule has 1 aromatic carbocycles. The maximum Gasteiger partial charge on any atom is 0.311 e. The van der Waals surface area contributed by atoms with Crippen molar-refractivity contribution in [3.05, 3.63) is 35.3 Å². The SMILES string of the molecule is O=C(O)C1CCCc2c1c1c(F)cccc1n2CCF. The smallest absolute Gasteiger partial charge is 0.311 e. The zero-order valence-corrected chi connectivity index (χ0v) is 10.9. The minimum Gasteiger partial charge on any atom is -0.481 e. The molecule has 1 unspecified atom stereocenters. The summed E-state index contributed by atoms with van der Waals surface area (Å²) in [7, 11) is 0. The van der Waals surface area contributed by atoms with Crippen molar-refractivity contribution in [2.24, 2.45) is 0 Å². The van der Waals surface area contributed by atoms with Crippen LogP contribution in [0.5, 0.6) is 0 Å². The average molecular weight is 279 g/mol. The van der Waals surface area contributed by atoms with E-state index in [1.807, 2.05) is 0 Å². The molecule has 20 heavy (non-hydrogen) atoms. The summed E-state index contributed by atoms with van der Waals surface area (Å²) in [4.78, 5) is 11.4. The summed E-state index contributed by atoms with van der Waals surface area (Å²) in [6, 6.07) is 4.63. The Kier molecular flexibility index (Phi) is 3.20. The fraction of sp³-hybridized carbons (Fsp3) is 0.400. The number of carboxylic acids is 1. The fourth-order valence-electron chi connectivity index (χ4n) is 3.29. The van der Waals surface area contributed by atoms with Crippen LogP contribution in [0, 0.1) is 5.82 Å². The molecule has 3 rings (SSSR count). The summed E-state index contributed by atoms with van der Waals surface area (Å²) in [5, 5.41) is 9.72. The van der Waals surface area contributed by atoms with Gasteiger partial charge in [-0.1, -0.05) is 6.07 Å². The normalized spacial score (nSPS) is 18.2. The number of alkyl halides is 1. The third-order valence-corrected chi connectivity index (χ3v) is 4.05. The zero-order chi connectivity index (χ0) is 14.3. The van der Waals surface area contributed by atoms with Crippen molar-refractivity contribution >= 4 is 16.9 Å². The fourth-order valence-corrected chi connectivity index (χ4v) is 3.29. The molecule has 0 saturated carbocycles. The largest absolute Gasteiger partial charge is 0.481 e. The number of hydrogen-bond donors (Lipinski definition) is 1. The summed E-state index contributed by atoms with van der Waals surface area (Å²) in [5.41, 5.74) is 1.92. The molecule has 0 radical (unpaired) electrons. The Morgan fingerprint density at radius 3 is 2.95 bits per heavy atom. The van der Waals surface area contributed by atoms with Gasteiger partial charge in [0.15, 0.2) is 0 Å². The Hall–Kier alpha value is -1.91. The molecular weight excluding hydrogens is 264 g/mol. The van der Waals surface area contributed by atoms with Crippen LogP contribution in [0.25, 0.3) is 10.9 Å². The van der Waals surface area contributed by atoms with E-state index in [-0.39, 0.29) is 6.54 Å². The molecule has 1 atom stereocenters. The maximum absolute atomic E-state index is 14.2. The number of nitrogens with zero attached hydrogens (tertiary/aromatic N) is 1. The molecule has 1 aliphatic rings. The van der Waals surface area contributed by atoms with Crippen LogP contribution in [0.15, 0.2) is 18.2 Å². The minimum absolute atomic E-state index is 0.141. The third-order valence-electron chi connectivity index (χ3n) is 4.05. The number of fused-ring (bicyclic) bond motifs is 3. The van der Waals surface area contributed by atoms with E-state index in [2.05, 4.69) is 0 Å². The summed E-state index contributed by atoms with van der Waals surface area (Å²) in [6.07, 6.45) is 1.91. The van der Waals surface area contributed by atoms with Crippen LogP contribution in [0.4, 0.5) is 8.78 Å². The quantitative estimate of drug-likeness (QED) is 0.937. The summed E-state index contributed by atoms with van der Waals surface area (Å²) < 4.78 is 28.7. The lowest BCUT2D eigenvalue weighted by atomic mass is 9.85. The number of carbonyl (C=O) groups is 1. The first kappa shape index (κ1) is 13.1. The maximum atomic E-state index is 14.2. The van der Waals surface area contributed by atoms with Crippen LogP contribution in [0.3, 0.4) is 0 Å². The van der Waals surface area contributed by atoms with E-state index >= 15 is 0 Å². The van der Waals surface area contributed by atoms with Crippen molar-refractivity contribution in [3.63, 3.8) is 0 Å². The lowest BCUT2D eigenvalue weighted by Crippen LogP contribution is -2.19. The van der Waals surface area contributed by atoms with Gasteiger partial charge in [0, 0.05) is 11.1 Å². The predicted molar refractivity (Wildman–Crippen MR) is 71.2 cm³/mol. The monoisotopic (exact) mass is 279 g/mol. The molecule has 1 heterocycles. The van der Waals surface area contributed by atoms with E-state index in [9.17, 15) is 18.7 Å². The van der Waals surface area contributed by atoms with Gasteiger partial charge in [-0.3, -0.25) is 4.79 Å². The third kappa shape index (κ3) is 1.80. The number of benzene rings is 1. The van der Waals surface area contributed by atoms with Crippen molar-refractivity contribution in [3.8, 4) is 0 Å². The number of aliphatic carboxylic acids is 1. The lowest BCUT2D eigenvalue weighted by Gasteiger charge is -2.21. The van der Waals surface area contributed by atoms with E-state index in [0.29, 0.717) is 29.3 Å². The van der Waals surface area contributed by atoms with Crippen molar-refractivity contribution in [1.82, 2.24) is 4.57 Å². The van der Waals surface area contributed by atoms with Gasteiger partial charge in [0.25, 0.3) is 0 Å². The zero-order valence-electron chi connectivity index (χ0n) is 10.9. The molecule has 0 saturated heterocycles. The van der Waals surface area contributed by atoms with E-state index in [1.54, 1.807) is 16.7 Å². The highest BCUT2D eigenvalue weighted by molar-refractivity contribution is 5.92. The van der Waals surface area contributed by atoms with Crippen molar-refractivity contribution in [2.75, 3.05) is 6.67 Å². The Bertz CT molecular complexity index is 678. The second kappa shape index (κ2) is 4.89. The number of rotatable bonds is 3. The van der Waals surface area contributed by atoms with Crippen LogP contribution in [-0.2, 0) is 17.8 Å². The van der Waals surface area contributed by atoms with Crippen molar-refractivity contribution in [2.45, 2.75) is 31.7 Å². The van der Waals surface area contributed by atoms with Gasteiger partial charge >= 0.3 is 5.97 Å². The number of aromatic nitrogens is 1. The van der Waals surface area contributed by atoms with Crippen LogP contribution >= 0.6 is 0 Å². The van der Waals surface area contributed by atoms with Gasteiger partial charge in [0.05, 0.1) is 18.0 Å². The van der Waals surface area contributed by atoms with Crippen LogP contribution in [0.1, 0.15) is 30.0 Å².